The van der Waals surface area contributed by atoms with E-state index in [0.717, 1.165) is 3.57 Å². The molecule has 4 heteroatoms. The topological polar surface area (TPSA) is 18.5 Å². The van der Waals surface area contributed by atoms with Crippen LogP contribution in [0.25, 0.3) is 0 Å². The van der Waals surface area contributed by atoms with Crippen molar-refractivity contribution in [3.63, 3.8) is 0 Å². The van der Waals surface area contributed by atoms with Crippen molar-refractivity contribution in [1.29, 1.82) is 0 Å². The second kappa shape index (κ2) is 4.88. The predicted octanol–water partition coefficient (Wildman–Crippen LogP) is 2.72. The average Bonchev–Trinajstić information content (AvgIpc) is 2.04. The molecule has 0 aliphatic rings. The van der Waals surface area contributed by atoms with E-state index in [9.17, 15) is 4.39 Å². The molecular formula is C9H10FIO2. The van der Waals surface area contributed by atoms with Gasteiger partial charge in [0.15, 0.2) is 6.29 Å². The Morgan fingerprint density at radius 2 is 1.85 bits per heavy atom. The van der Waals surface area contributed by atoms with E-state index in [2.05, 4.69) is 0 Å². The van der Waals surface area contributed by atoms with E-state index >= 15 is 0 Å². The van der Waals surface area contributed by atoms with Crippen molar-refractivity contribution in [1.82, 2.24) is 0 Å². The quantitative estimate of drug-likeness (QED) is 0.631. The van der Waals surface area contributed by atoms with Gasteiger partial charge in [-0.2, -0.15) is 0 Å². The first-order valence-corrected chi connectivity index (χ1v) is 4.77. The Morgan fingerprint density at radius 3 is 2.31 bits per heavy atom. The lowest BCUT2D eigenvalue weighted by Gasteiger charge is -2.13. The Morgan fingerprint density at radius 1 is 1.23 bits per heavy atom. The van der Waals surface area contributed by atoms with Crippen molar-refractivity contribution in [2.24, 2.45) is 0 Å². The summed E-state index contributed by atoms with van der Waals surface area (Å²) in [6.45, 7) is 0. The van der Waals surface area contributed by atoms with Gasteiger partial charge in [0.2, 0.25) is 0 Å². The number of methoxy groups -OCH3 is 2. The van der Waals surface area contributed by atoms with E-state index in [0.29, 0.717) is 5.56 Å². The minimum absolute atomic E-state index is 0.277. The number of benzene rings is 1. The molecule has 0 saturated heterocycles. The van der Waals surface area contributed by atoms with Crippen LogP contribution in [0.5, 0.6) is 0 Å². The molecule has 0 aliphatic carbocycles. The van der Waals surface area contributed by atoms with Crippen LogP contribution in [0.2, 0.25) is 0 Å². The van der Waals surface area contributed by atoms with Gasteiger partial charge in [0, 0.05) is 23.4 Å². The first-order valence-electron chi connectivity index (χ1n) is 3.69. The number of halogens is 2. The maximum absolute atomic E-state index is 12.9. The molecule has 1 aromatic carbocycles. The zero-order chi connectivity index (χ0) is 9.84. The van der Waals surface area contributed by atoms with Crippen molar-refractivity contribution in [3.8, 4) is 0 Å². The lowest BCUT2D eigenvalue weighted by atomic mass is 10.2. The molecule has 1 aromatic rings. The van der Waals surface area contributed by atoms with Gasteiger partial charge in [-0.15, -0.1) is 0 Å². The van der Waals surface area contributed by atoms with Crippen LogP contribution in [-0.2, 0) is 9.47 Å². The summed E-state index contributed by atoms with van der Waals surface area (Å²) in [5, 5.41) is 0. The largest absolute Gasteiger partial charge is 0.352 e. The molecule has 72 valence electrons. The highest BCUT2D eigenvalue weighted by atomic mass is 127. The van der Waals surface area contributed by atoms with Gasteiger partial charge in [-0.3, -0.25) is 0 Å². The molecule has 0 bridgehead atoms. The first kappa shape index (κ1) is 10.9. The Kier molecular flexibility index (Phi) is 4.08. The van der Waals surface area contributed by atoms with Crippen LogP contribution in [0.1, 0.15) is 11.9 Å². The van der Waals surface area contributed by atoms with E-state index in [1.807, 2.05) is 28.7 Å². The second-order valence-electron chi connectivity index (χ2n) is 2.51. The summed E-state index contributed by atoms with van der Waals surface area (Å²) >= 11 is 2.05. The van der Waals surface area contributed by atoms with Crippen molar-refractivity contribution < 1.29 is 13.9 Å². The fourth-order valence-electron chi connectivity index (χ4n) is 1.08. The maximum atomic E-state index is 12.9. The summed E-state index contributed by atoms with van der Waals surface area (Å²) in [5.74, 6) is -0.277. The molecule has 0 spiro atoms. The van der Waals surface area contributed by atoms with Gasteiger partial charge in [0.1, 0.15) is 5.82 Å². The number of hydrogen-bond donors (Lipinski definition) is 0. The molecule has 13 heavy (non-hydrogen) atoms. The van der Waals surface area contributed by atoms with Gasteiger partial charge in [-0.05, 0) is 40.8 Å². The smallest absolute Gasteiger partial charge is 0.183 e. The lowest BCUT2D eigenvalue weighted by Crippen LogP contribution is -2.04. The molecule has 0 heterocycles. The Bertz CT molecular complexity index is 267. The summed E-state index contributed by atoms with van der Waals surface area (Å²) in [6, 6.07) is 4.67. The van der Waals surface area contributed by atoms with Crippen LogP contribution >= 0.6 is 22.6 Å². The molecule has 0 radical (unpaired) electrons. The number of rotatable bonds is 3. The normalized spacial score (nSPS) is 10.8. The van der Waals surface area contributed by atoms with Gasteiger partial charge >= 0.3 is 0 Å². The van der Waals surface area contributed by atoms with Gasteiger partial charge in [-0.1, -0.05) is 0 Å². The standard InChI is InChI=1S/C9H10FIO2/c1-12-9(13-2)6-3-7(10)5-8(11)4-6/h3-5,9H,1-2H3. The maximum Gasteiger partial charge on any atom is 0.183 e. The van der Waals surface area contributed by atoms with Crippen LogP contribution in [-0.4, -0.2) is 14.2 Å². The highest BCUT2D eigenvalue weighted by Crippen LogP contribution is 2.20. The molecule has 0 amide bonds. The van der Waals surface area contributed by atoms with Crippen molar-refractivity contribution in [3.05, 3.63) is 33.1 Å². The van der Waals surface area contributed by atoms with E-state index < -0.39 is 6.29 Å². The molecule has 0 aliphatic heterocycles. The molecule has 0 unspecified atom stereocenters. The summed E-state index contributed by atoms with van der Waals surface area (Å²) in [6.07, 6.45) is -0.496. The third-order valence-corrected chi connectivity index (χ3v) is 2.21. The molecular weight excluding hydrogens is 286 g/mol. The Labute approximate surface area is 90.2 Å². The van der Waals surface area contributed by atoms with E-state index in [1.165, 1.54) is 26.4 Å². The fourth-order valence-corrected chi connectivity index (χ4v) is 1.74. The zero-order valence-corrected chi connectivity index (χ0v) is 9.54. The second-order valence-corrected chi connectivity index (χ2v) is 3.75. The van der Waals surface area contributed by atoms with Gasteiger partial charge < -0.3 is 9.47 Å². The third-order valence-electron chi connectivity index (χ3n) is 1.59. The van der Waals surface area contributed by atoms with Gasteiger partial charge in [0.25, 0.3) is 0 Å². The highest BCUT2D eigenvalue weighted by Gasteiger charge is 2.10. The van der Waals surface area contributed by atoms with Crippen molar-refractivity contribution >= 4 is 22.6 Å². The van der Waals surface area contributed by atoms with Crippen LogP contribution in [0.15, 0.2) is 18.2 Å². The van der Waals surface area contributed by atoms with Crippen molar-refractivity contribution in [2.45, 2.75) is 6.29 Å². The van der Waals surface area contributed by atoms with Crippen LogP contribution in [0.3, 0.4) is 0 Å². The molecule has 2 nitrogen and oxygen atoms in total. The molecule has 0 atom stereocenters. The molecule has 0 fully saturated rings. The monoisotopic (exact) mass is 296 g/mol. The average molecular weight is 296 g/mol. The highest BCUT2D eigenvalue weighted by molar-refractivity contribution is 14.1. The summed E-state index contributed by atoms with van der Waals surface area (Å²) in [5.41, 5.74) is 0.689. The number of hydrogen-bond acceptors (Lipinski definition) is 2. The molecule has 0 saturated carbocycles. The fraction of sp³-hybridized carbons (Fsp3) is 0.333. The molecule has 1 rings (SSSR count). The number of ether oxygens (including phenoxy) is 2. The van der Waals surface area contributed by atoms with Crippen LogP contribution in [0.4, 0.5) is 4.39 Å². The van der Waals surface area contributed by atoms with Gasteiger partial charge in [-0.25, -0.2) is 4.39 Å². The summed E-state index contributed by atoms with van der Waals surface area (Å²) in [4.78, 5) is 0. The molecule has 0 N–H and O–H groups in total. The van der Waals surface area contributed by atoms with E-state index in [1.54, 1.807) is 0 Å². The SMILES string of the molecule is COC(OC)c1cc(F)cc(I)c1. The Hall–Kier alpha value is -0.200. The van der Waals surface area contributed by atoms with Crippen molar-refractivity contribution in [2.75, 3.05) is 14.2 Å². The Balaban J connectivity index is 2.99. The summed E-state index contributed by atoms with van der Waals surface area (Å²) < 4.78 is 23.8. The lowest BCUT2D eigenvalue weighted by molar-refractivity contribution is -0.106. The molecule has 0 aromatic heterocycles. The van der Waals surface area contributed by atoms with Crippen LogP contribution < -0.4 is 0 Å². The minimum atomic E-state index is -0.496. The van der Waals surface area contributed by atoms with Crippen LogP contribution in [0, 0.1) is 9.39 Å². The van der Waals surface area contributed by atoms with E-state index in [-0.39, 0.29) is 5.82 Å². The first-order chi connectivity index (χ1) is 6.17. The predicted molar refractivity (Wildman–Crippen MR) is 55.9 cm³/mol. The zero-order valence-electron chi connectivity index (χ0n) is 7.38. The van der Waals surface area contributed by atoms with Gasteiger partial charge in [0.05, 0.1) is 0 Å². The third kappa shape index (κ3) is 2.89. The van der Waals surface area contributed by atoms with E-state index in [4.69, 9.17) is 9.47 Å². The summed E-state index contributed by atoms with van der Waals surface area (Å²) in [7, 11) is 3.04. The minimum Gasteiger partial charge on any atom is -0.352 e.